The first-order chi connectivity index (χ1) is 13.3. The molecule has 5 rings (SSSR count). The maximum Gasteiger partial charge on any atom is 0.195 e. The summed E-state index contributed by atoms with van der Waals surface area (Å²) in [6, 6.07) is 19.4. The minimum atomic E-state index is -0.377. The van der Waals surface area contributed by atoms with Crippen LogP contribution in [0.2, 0.25) is 0 Å². The molecule has 0 fully saturated rings. The van der Waals surface area contributed by atoms with Gasteiger partial charge in [0.05, 0.1) is 0 Å². The van der Waals surface area contributed by atoms with Crippen molar-refractivity contribution in [2.45, 2.75) is 26.2 Å². The maximum absolute atomic E-state index is 13.6. The maximum atomic E-state index is 13.6. The summed E-state index contributed by atoms with van der Waals surface area (Å²) in [5.74, 6) is -0.377. The van der Waals surface area contributed by atoms with Crippen LogP contribution in [0.4, 0.5) is 4.39 Å². The summed E-state index contributed by atoms with van der Waals surface area (Å²) >= 11 is 1.53. The third-order valence-electron chi connectivity index (χ3n) is 5.41. The molecule has 1 nitrogen and oxygen atoms in total. The summed E-state index contributed by atoms with van der Waals surface area (Å²) in [6.07, 6.45) is 0. The minimum Gasteiger partial charge on any atom is -0.289 e. The molecule has 0 amide bonds. The van der Waals surface area contributed by atoms with Crippen LogP contribution in [-0.4, -0.2) is 0 Å². The lowest BCUT2D eigenvalue weighted by atomic mass is 9.85. The van der Waals surface area contributed by atoms with E-state index in [1.807, 2.05) is 6.07 Å². The molecule has 0 aliphatic carbocycles. The molecule has 0 atom stereocenters. The summed E-state index contributed by atoms with van der Waals surface area (Å²) in [5.41, 5.74) is 1.27. The average molecular weight is 386 g/mol. The van der Waals surface area contributed by atoms with Gasteiger partial charge < -0.3 is 0 Å². The molecule has 0 unspecified atom stereocenters. The van der Waals surface area contributed by atoms with Crippen molar-refractivity contribution in [1.82, 2.24) is 0 Å². The number of fused-ring (bicyclic) bond motifs is 4. The highest BCUT2D eigenvalue weighted by atomic mass is 32.1. The number of benzene rings is 4. The normalized spacial score (nSPS) is 12.4. The van der Waals surface area contributed by atoms with Crippen molar-refractivity contribution < 1.29 is 4.39 Å². The van der Waals surface area contributed by atoms with Crippen LogP contribution in [0.3, 0.4) is 0 Å². The van der Waals surface area contributed by atoms with Crippen molar-refractivity contribution in [3.05, 3.63) is 82.3 Å². The van der Waals surface area contributed by atoms with Crippen LogP contribution in [0.15, 0.2) is 65.5 Å². The van der Waals surface area contributed by atoms with E-state index in [0.29, 0.717) is 10.8 Å². The van der Waals surface area contributed by atoms with Crippen LogP contribution >= 0.6 is 11.3 Å². The molecule has 0 bridgehead atoms. The van der Waals surface area contributed by atoms with E-state index in [2.05, 4.69) is 57.2 Å². The van der Waals surface area contributed by atoms with Gasteiger partial charge in [-0.15, -0.1) is 11.3 Å². The summed E-state index contributed by atoms with van der Waals surface area (Å²) in [5, 5.41) is 5.61. The topological polar surface area (TPSA) is 17.1 Å². The van der Waals surface area contributed by atoms with Crippen LogP contribution in [0, 0.1) is 5.82 Å². The number of hydrogen-bond donors (Lipinski definition) is 0. The molecule has 1 aromatic heterocycles. The minimum absolute atomic E-state index is 0.0827. The number of halogens is 1. The Morgan fingerprint density at radius 3 is 2.18 bits per heavy atom. The molecule has 0 saturated heterocycles. The van der Waals surface area contributed by atoms with Gasteiger partial charge in [0.1, 0.15) is 5.82 Å². The zero-order chi connectivity index (χ0) is 19.6. The van der Waals surface area contributed by atoms with E-state index < -0.39 is 0 Å². The first-order valence-electron chi connectivity index (χ1n) is 9.34. The monoisotopic (exact) mass is 386 g/mol. The van der Waals surface area contributed by atoms with Gasteiger partial charge in [0, 0.05) is 20.2 Å². The number of rotatable bonds is 0. The van der Waals surface area contributed by atoms with E-state index in [9.17, 15) is 9.18 Å². The van der Waals surface area contributed by atoms with E-state index >= 15 is 0 Å². The van der Waals surface area contributed by atoms with Crippen LogP contribution in [0.1, 0.15) is 26.3 Å². The Morgan fingerprint density at radius 2 is 1.39 bits per heavy atom. The Balaban J connectivity index is 1.85. The Bertz CT molecular complexity index is 1470. The lowest BCUT2D eigenvalue weighted by Crippen LogP contribution is -2.10. The average Bonchev–Trinajstić information content (AvgIpc) is 2.65. The molecule has 4 aromatic carbocycles. The SMILES string of the molecule is CC(C)(C)c1ccc2cc3cc4sc5ccc(F)cc5c(=O)c4cc3cc2c1. The molecule has 3 heteroatoms. The molecule has 1 heterocycles. The fourth-order valence-corrected chi connectivity index (χ4v) is 4.87. The lowest BCUT2D eigenvalue weighted by Gasteiger charge is -2.19. The highest BCUT2D eigenvalue weighted by molar-refractivity contribution is 7.24. The second-order valence-corrected chi connectivity index (χ2v) is 9.52. The highest BCUT2D eigenvalue weighted by Crippen LogP contribution is 2.32. The molecule has 0 radical (unpaired) electrons. The zero-order valence-electron chi connectivity index (χ0n) is 16.0. The zero-order valence-corrected chi connectivity index (χ0v) is 16.8. The Kier molecular flexibility index (Phi) is 3.62. The van der Waals surface area contributed by atoms with Crippen molar-refractivity contribution in [2.24, 2.45) is 0 Å². The van der Waals surface area contributed by atoms with Gasteiger partial charge >= 0.3 is 0 Å². The van der Waals surface area contributed by atoms with Crippen LogP contribution in [-0.2, 0) is 5.41 Å². The third-order valence-corrected chi connectivity index (χ3v) is 6.54. The standard InChI is InChI=1S/C25H19FOS/c1-25(2,3)18-5-4-14-8-17-12-23-20(11-16(17)9-15(14)10-18)24(27)21-13-19(26)6-7-22(21)28-23/h4-13H,1-3H3. The van der Waals surface area contributed by atoms with E-state index in [1.165, 1.54) is 39.8 Å². The van der Waals surface area contributed by atoms with Gasteiger partial charge in [-0.05, 0) is 75.0 Å². The number of hydrogen-bond acceptors (Lipinski definition) is 2. The van der Waals surface area contributed by atoms with E-state index in [-0.39, 0.29) is 16.7 Å². The Morgan fingerprint density at radius 1 is 0.714 bits per heavy atom. The van der Waals surface area contributed by atoms with Crippen LogP contribution in [0.25, 0.3) is 41.7 Å². The summed E-state index contributed by atoms with van der Waals surface area (Å²) < 4.78 is 15.4. The molecule has 0 N–H and O–H groups in total. The van der Waals surface area contributed by atoms with E-state index in [1.54, 1.807) is 6.07 Å². The second-order valence-electron chi connectivity index (χ2n) is 8.43. The third kappa shape index (κ3) is 2.70. The summed E-state index contributed by atoms with van der Waals surface area (Å²) in [4.78, 5) is 13.0. The van der Waals surface area contributed by atoms with Crippen molar-refractivity contribution >= 4 is 53.1 Å². The van der Waals surface area contributed by atoms with Gasteiger partial charge in [-0.1, -0.05) is 39.0 Å². The molecule has 0 saturated carbocycles. The summed E-state index contributed by atoms with van der Waals surface area (Å²) in [7, 11) is 0. The predicted octanol–water partition coefficient (Wildman–Crippen LogP) is 7.16. The molecule has 0 spiro atoms. The van der Waals surface area contributed by atoms with Gasteiger partial charge in [-0.3, -0.25) is 4.79 Å². The molecule has 28 heavy (non-hydrogen) atoms. The van der Waals surface area contributed by atoms with Gasteiger partial charge in [0.25, 0.3) is 0 Å². The Labute approximate surface area is 166 Å². The molecule has 0 aliphatic heterocycles. The van der Waals surface area contributed by atoms with E-state index in [4.69, 9.17) is 0 Å². The van der Waals surface area contributed by atoms with Crippen LogP contribution < -0.4 is 5.43 Å². The van der Waals surface area contributed by atoms with Gasteiger partial charge in [0.2, 0.25) is 0 Å². The molecular weight excluding hydrogens is 367 g/mol. The quantitative estimate of drug-likeness (QED) is 0.258. The lowest BCUT2D eigenvalue weighted by molar-refractivity contribution is 0.591. The second kappa shape index (κ2) is 5.86. The first-order valence-corrected chi connectivity index (χ1v) is 10.2. The molecular formula is C25H19FOS. The highest BCUT2D eigenvalue weighted by Gasteiger charge is 2.14. The fourth-order valence-electron chi connectivity index (χ4n) is 3.79. The smallest absolute Gasteiger partial charge is 0.195 e. The van der Waals surface area contributed by atoms with Crippen molar-refractivity contribution in [3.8, 4) is 0 Å². The molecule has 0 aliphatic rings. The van der Waals surface area contributed by atoms with Crippen molar-refractivity contribution in [1.29, 1.82) is 0 Å². The van der Waals surface area contributed by atoms with Gasteiger partial charge in [-0.2, -0.15) is 0 Å². The van der Waals surface area contributed by atoms with Crippen LogP contribution in [0.5, 0.6) is 0 Å². The van der Waals surface area contributed by atoms with Gasteiger partial charge in [0.15, 0.2) is 5.43 Å². The Hall–Kier alpha value is -2.78. The summed E-state index contributed by atoms with van der Waals surface area (Å²) in [6.45, 7) is 6.62. The predicted molar refractivity (Wildman–Crippen MR) is 119 cm³/mol. The first kappa shape index (κ1) is 17.3. The molecule has 138 valence electrons. The van der Waals surface area contributed by atoms with Gasteiger partial charge in [-0.25, -0.2) is 4.39 Å². The van der Waals surface area contributed by atoms with Crippen molar-refractivity contribution in [3.63, 3.8) is 0 Å². The largest absolute Gasteiger partial charge is 0.289 e. The fraction of sp³-hybridized carbons (Fsp3) is 0.160. The van der Waals surface area contributed by atoms with E-state index in [0.717, 1.165) is 20.2 Å². The van der Waals surface area contributed by atoms with Crippen molar-refractivity contribution in [2.75, 3.05) is 0 Å². The molecule has 5 aromatic rings.